The number of nitrogens with zero attached hydrogens (tertiary/aromatic N) is 3. The van der Waals surface area contributed by atoms with E-state index in [2.05, 4.69) is 10.3 Å². The lowest BCUT2D eigenvalue weighted by molar-refractivity contribution is 0.482. The second-order valence-corrected chi connectivity index (χ2v) is 6.49. The molecule has 1 aliphatic heterocycles. The highest BCUT2D eigenvalue weighted by Gasteiger charge is 2.33. The molecule has 0 unspecified atom stereocenters. The Bertz CT molecular complexity index is 1120. The molecule has 6 nitrogen and oxygen atoms in total. The Balaban J connectivity index is 1.36. The van der Waals surface area contributed by atoms with Crippen LogP contribution in [0.4, 0.5) is 0 Å². The second-order valence-electron chi connectivity index (χ2n) is 6.49. The van der Waals surface area contributed by atoms with Crippen LogP contribution in [-0.4, -0.2) is 22.1 Å². The molecule has 0 spiro atoms. The average Bonchev–Trinajstić information content (AvgIpc) is 3.35. The number of para-hydroxylation sites is 2. The molecule has 2 heterocycles. The average molecular weight is 369 g/mol. The number of rotatable bonds is 4. The lowest BCUT2D eigenvalue weighted by Gasteiger charge is -2.10. The van der Waals surface area contributed by atoms with Gasteiger partial charge in [0.25, 0.3) is 0 Å². The van der Waals surface area contributed by atoms with Crippen LogP contribution in [0.15, 0.2) is 79.0 Å². The van der Waals surface area contributed by atoms with Gasteiger partial charge >= 0.3 is 7.12 Å². The predicted octanol–water partition coefficient (Wildman–Crippen LogP) is 3.44. The van der Waals surface area contributed by atoms with E-state index in [9.17, 15) is 0 Å². The molecule has 0 aliphatic carbocycles. The van der Waals surface area contributed by atoms with Gasteiger partial charge in [-0.15, -0.1) is 5.10 Å². The van der Waals surface area contributed by atoms with Gasteiger partial charge in [0.05, 0.1) is 6.20 Å². The van der Waals surface area contributed by atoms with Crippen molar-refractivity contribution in [3.8, 4) is 34.3 Å². The van der Waals surface area contributed by atoms with Gasteiger partial charge in [0, 0.05) is 18.1 Å². The molecular formula is C21H16BN3O3. The molecule has 5 rings (SSSR count). The van der Waals surface area contributed by atoms with Crippen LogP contribution in [0.3, 0.4) is 0 Å². The largest absolute Gasteiger partial charge is 0.632 e. The van der Waals surface area contributed by atoms with E-state index in [1.165, 1.54) is 0 Å². The van der Waals surface area contributed by atoms with Crippen LogP contribution in [0.1, 0.15) is 0 Å². The monoisotopic (exact) mass is 369 g/mol. The molecule has 0 atom stereocenters. The number of aryl methyl sites for hydroxylation is 1. The van der Waals surface area contributed by atoms with Crippen LogP contribution in [-0.2, 0) is 7.05 Å². The van der Waals surface area contributed by atoms with Gasteiger partial charge in [0.15, 0.2) is 0 Å². The molecule has 7 heteroatoms. The summed E-state index contributed by atoms with van der Waals surface area (Å²) in [4.78, 5) is 0. The highest BCUT2D eigenvalue weighted by atomic mass is 16.6. The summed E-state index contributed by atoms with van der Waals surface area (Å²) in [5.41, 5.74) is 2.63. The van der Waals surface area contributed by atoms with E-state index >= 15 is 0 Å². The SMILES string of the molecule is Cn1cc(-c2cccc(Oc3cccc(B4Oc5ccccc5O4)c3)c2)nn1. The zero-order valence-electron chi connectivity index (χ0n) is 15.1. The van der Waals surface area contributed by atoms with Gasteiger partial charge in [-0.05, 0) is 36.4 Å². The summed E-state index contributed by atoms with van der Waals surface area (Å²) in [5.74, 6) is 2.92. The quantitative estimate of drug-likeness (QED) is 0.516. The Hall–Kier alpha value is -3.74. The third-order valence-electron chi connectivity index (χ3n) is 4.42. The highest BCUT2D eigenvalue weighted by Crippen LogP contribution is 2.33. The Morgan fingerprint density at radius 2 is 1.57 bits per heavy atom. The summed E-state index contributed by atoms with van der Waals surface area (Å²) < 4.78 is 19.5. The fourth-order valence-corrected chi connectivity index (χ4v) is 3.09. The topological polar surface area (TPSA) is 58.4 Å². The minimum atomic E-state index is -0.480. The molecule has 0 fully saturated rings. The number of aromatic nitrogens is 3. The van der Waals surface area contributed by atoms with Crippen molar-refractivity contribution < 1.29 is 14.0 Å². The summed E-state index contributed by atoms with van der Waals surface area (Å²) >= 11 is 0. The van der Waals surface area contributed by atoms with E-state index in [1.54, 1.807) is 4.68 Å². The summed E-state index contributed by atoms with van der Waals surface area (Å²) in [6.45, 7) is 0. The summed E-state index contributed by atoms with van der Waals surface area (Å²) in [7, 11) is 1.36. The van der Waals surface area contributed by atoms with E-state index in [1.807, 2.05) is 86.0 Å². The summed E-state index contributed by atoms with van der Waals surface area (Å²) in [6, 6.07) is 23.1. The third kappa shape index (κ3) is 3.18. The first kappa shape index (κ1) is 16.4. The molecule has 0 bridgehead atoms. The fraction of sp³-hybridized carbons (Fsp3) is 0.0476. The van der Waals surface area contributed by atoms with Crippen LogP contribution >= 0.6 is 0 Å². The first-order valence-electron chi connectivity index (χ1n) is 8.91. The molecule has 28 heavy (non-hydrogen) atoms. The maximum atomic E-state index is 6.06. The Kier molecular flexibility index (Phi) is 3.98. The Labute approximate surface area is 162 Å². The molecule has 1 aliphatic rings. The molecule has 0 saturated carbocycles. The maximum Gasteiger partial charge on any atom is 0.632 e. The van der Waals surface area contributed by atoms with Crippen molar-refractivity contribution in [1.82, 2.24) is 15.0 Å². The maximum absolute atomic E-state index is 6.06. The Morgan fingerprint density at radius 1 is 0.857 bits per heavy atom. The van der Waals surface area contributed by atoms with E-state index < -0.39 is 7.12 Å². The van der Waals surface area contributed by atoms with Gasteiger partial charge in [-0.25, -0.2) is 0 Å². The van der Waals surface area contributed by atoms with Crippen molar-refractivity contribution in [2.45, 2.75) is 0 Å². The number of hydrogen-bond donors (Lipinski definition) is 0. The molecule has 3 aromatic carbocycles. The number of benzene rings is 3. The smallest absolute Gasteiger partial charge is 0.519 e. The lowest BCUT2D eigenvalue weighted by atomic mass is 9.79. The van der Waals surface area contributed by atoms with Gasteiger partial charge in [0.2, 0.25) is 0 Å². The van der Waals surface area contributed by atoms with Crippen molar-refractivity contribution in [2.24, 2.45) is 7.05 Å². The molecule has 0 radical (unpaired) electrons. The number of fused-ring (bicyclic) bond motifs is 1. The summed E-state index contributed by atoms with van der Waals surface area (Å²) in [6.07, 6.45) is 1.87. The molecule has 1 aromatic heterocycles. The molecule has 136 valence electrons. The van der Waals surface area contributed by atoms with E-state index in [0.717, 1.165) is 34.0 Å². The van der Waals surface area contributed by atoms with Crippen molar-refractivity contribution in [3.63, 3.8) is 0 Å². The van der Waals surface area contributed by atoms with Gasteiger partial charge in [-0.1, -0.05) is 41.6 Å². The second kappa shape index (κ2) is 6.77. The predicted molar refractivity (Wildman–Crippen MR) is 106 cm³/mol. The van der Waals surface area contributed by atoms with Crippen molar-refractivity contribution in [3.05, 3.63) is 79.0 Å². The van der Waals surface area contributed by atoms with Crippen molar-refractivity contribution in [1.29, 1.82) is 0 Å². The van der Waals surface area contributed by atoms with Gasteiger partial charge < -0.3 is 14.0 Å². The third-order valence-corrected chi connectivity index (χ3v) is 4.42. The lowest BCUT2D eigenvalue weighted by Crippen LogP contribution is -2.38. The molecule has 0 saturated heterocycles. The molecule has 0 amide bonds. The van der Waals surface area contributed by atoms with Crippen LogP contribution in [0.25, 0.3) is 11.3 Å². The van der Waals surface area contributed by atoms with Gasteiger partial charge in [-0.2, -0.15) is 0 Å². The van der Waals surface area contributed by atoms with Crippen LogP contribution < -0.4 is 19.5 Å². The van der Waals surface area contributed by atoms with Crippen LogP contribution in [0, 0.1) is 0 Å². The van der Waals surface area contributed by atoms with E-state index in [0.29, 0.717) is 5.75 Å². The first-order valence-corrected chi connectivity index (χ1v) is 8.91. The zero-order valence-corrected chi connectivity index (χ0v) is 15.1. The standard InChI is InChI=1S/C21H16BN3O3/c1-25-14-19(23-24-25)15-6-4-8-17(12-15)26-18-9-5-7-16(13-18)22-27-20-10-2-3-11-21(20)28-22/h2-14H,1H3. The van der Waals surface area contributed by atoms with E-state index in [-0.39, 0.29) is 0 Å². The van der Waals surface area contributed by atoms with Crippen LogP contribution in [0.5, 0.6) is 23.0 Å². The minimum absolute atomic E-state index is 0.480. The van der Waals surface area contributed by atoms with E-state index in [4.69, 9.17) is 14.0 Å². The molecule has 0 N–H and O–H groups in total. The highest BCUT2D eigenvalue weighted by molar-refractivity contribution is 6.63. The normalized spacial score (nSPS) is 12.2. The fourth-order valence-electron chi connectivity index (χ4n) is 3.09. The van der Waals surface area contributed by atoms with Crippen LogP contribution in [0.2, 0.25) is 0 Å². The van der Waals surface area contributed by atoms with Gasteiger partial charge in [-0.3, -0.25) is 4.68 Å². The van der Waals surface area contributed by atoms with Crippen molar-refractivity contribution in [2.75, 3.05) is 0 Å². The van der Waals surface area contributed by atoms with Gasteiger partial charge in [0.1, 0.15) is 28.7 Å². The Morgan fingerprint density at radius 3 is 2.29 bits per heavy atom. The molecule has 4 aromatic rings. The molecular weight excluding hydrogens is 353 g/mol. The number of hydrogen-bond acceptors (Lipinski definition) is 5. The minimum Gasteiger partial charge on any atom is -0.519 e. The zero-order chi connectivity index (χ0) is 18.9. The first-order chi connectivity index (χ1) is 13.7. The summed E-state index contributed by atoms with van der Waals surface area (Å²) in [5, 5.41) is 8.12. The van der Waals surface area contributed by atoms with Crippen molar-refractivity contribution >= 4 is 12.6 Å². The number of ether oxygens (including phenoxy) is 1.